The molecule has 0 bridgehead atoms. The number of nitrogens with zero attached hydrogens (tertiary/aromatic N) is 1. The first kappa shape index (κ1) is 11.6. The molecule has 82 valence electrons. The smallest absolute Gasteiger partial charge is 0.247 e. The maximum Gasteiger partial charge on any atom is 0.247 e. The lowest BCUT2D eigenvalue weighted by molar-refractivity contribution is -0.137. The zero-order chi connectivity index (χ0) is 11.5. The SMILES string of the molecule is C#CCCN1CCC(=O)NC(C)(C)C1=O. The highest BCUT2D eigenvalue weighted by atomic mass is 16.2. The van der Waals surface area contributed by atoms with Crippen LogP contribution < -0.4 is 5.32 Å². The molecule has 0 aromatic heterocycles. The molecule has 1 aliphatic heterocycles. The molecule has 2 amide bonds. The summed E-state index contributed by atoms with van der Waals surface area (Å²) in [4.78, 5) is 24.9. The molecule has 0 unspecified atom stereocenters. The Morgan fingerprint density at radius 1 is 1.53 bits per heavy atom. The third-order valence-electron chi connectivity index (χ3n) is 2.41. The Balaban J connectivity index is 2.77. The van der Waals surface area contributed by atoms with E-state index in [4.69, 9.17) is 6.42 Å². The van der Waals surface area contributed by atoms with Crippen LogP contribution in [0.1, 0.15) is 26.7 Å². The lowest BCUT2D eigenvalue weighted by Gasteiger charge is -2.28. The summed E-state index contributed by atoms with van der Waals surface area (Å²) in [5, 5.41) is 2.69. The summed E-state index contributed by atoms with van der Waals surface area (Å²) in [6.07, 6.45) is 6.03. The van der Waals surface area contributed by atoms with Gasteiger partial charge in [-0.1, -0.05) is 0 Å². The summed E-state index contributed by atoms with van der Waals surface area (Å²) in [6, 6.07) is 0. The molecule has 15 heavy (non-hydrogen) atoms. The van der Waals surface area contributed by atoms with Crippen LogP contribution in [0.2, 0.25) is 0 Å². The molecule has 1 heterocycles. The van der Waals surface area contributed by atoms with Crippen LogP contribution in [-0.2, 0) is 9.59 Å². The highest BCUT2D eigenvalue weighted by Gasteiger charge is 2.35. The number of carbonyl (C=O) groups is 2. The van der Waals surface area contributed by atoms with Gasteiger partial charge in [-0.2, -0.15) is 0 Å². The number of amides is 2. The van der Waals surface area contributed by atoms with Crippen molar-refractivity contribution in [2.45, 2.75) is 32.2 Å². The van der Waals surface area contributed by atoms with E-state index in [1.165, 1.54) is 0 Å². The predicted molar refractivity (Wildman–Crippen MR) is 56.9 cm³/mol. The van der Waals surface area contributed by atoms with Gasteiger partial charge in [0.05, 0.1) is 0 Å². The molecule has 0 aromatic carbocycles. The Hall–Kier alpha value is -1.50. The molecule has 4 nitrogen and oxygen atoms in total. The number of hydrogen-bond acceptors (Lipinski definition) is 2. The first-order valence-corrected chi connectivity index (χ1v) is 5.01. The van der Waals surface area contributed by atoms with Crippen LogP contribution in [-0.4, -0.2) is 35.3 Å². The van der Waals surface area contributed by atoms with Gasteiger partial charge < -0.3 is 10.2 Å². The van der Waals surface area contributed by atoms with Gasteiger partial charge in [0.2, 0.25) is 11.8 Å². The zero-order valence-corrected chi connectivity index (χ0v) is 9.17. The van der Waals surface area contributed by atoms with E-state index in [1.807, 2.05) is 0 Å². The second-order valence-corrected chi connectivity index (χ2v) is 4.17. The fraction of sp³-hybridized carbons (Fsp3) is 0.636. The van der Waals surface area contributed by atoms with E-state index >= 15 is 0 Å². The molecule has 4 heteroatoms. The number of hydrogen-bond donors (Lipinski definition) is 1. The van der Waals surface area contributed by atoms with Crippen LogP contribution >= 0.6 is 0 Å². The van der Waals surface area contributed by atoms with E-state index in [2.05, 4.69) is 11.2 Å². The molecular formula is C11H16N2O2. The molecule has 1 saturated heterocycles. The van der Waals surface area contributed by atoms with Crippen molar-refractivity contribution in [2.75, 3.05) is 13.1 Å². The largest absolute Gasteiger partial charge is 0.342 e. The van der Waals surface area contributed by atoms with Gasteiger partial charge in [-0.05, 0) is 13.8 Å². The molecule has 1 fully saturated rings. The zero-order valence-electron chi connectivity index (χ0n) is 9.17. The summed E-state index contributed by atoms with van der Waals surface area (Å²) < 4.78 is 0. The Morgan fingerprint density at radius 3 is 2.80 bits per heavy atom. The molecule has 0 radical (unpaired) electrons. The normalized spacial score (nSPS) is 20.5. The molecule has 1 aliphatic rings. The predicted octanol–water partition coefficient (Wildman–Crippen LogP) is 0.137. The van der Waals surface area contributed by atoms with Gasteiger partial charge in [-0.3, -0.25) is 9.59 Å². The van der Waals surface area contributed by atoms with Gasteiger partial charge in [0.1, 0.15) is 5.54 Å². The Kier molecular flexibility index (Phi) is 3.35. The third-order valence-corrected chi connectivity index (χ3v) is 2.41. The van der Waals surface area contributed by atoms with E-state index in [-0.39, 0.29) is 11.8 Å². The fourth-order valence-electron chi connectivity index (χ4n) is 1.61. The van der Waals surface area contributed by atoms with E-state index in [0.717, 1.165) is 0 Å². The van der Waals surface area contributed by atoms with Crippen molar-refractivity contribution in [3.8, 4) is 12.3 Å². The van der Waals surface area contributed by atoms with Crippen LogP contribution in [0.25, 0.3) is 0 Å². The van der Waals surface area contributed by atoms with Gasteiger partial charge in [0.25, 0.3) is 0 Å². The Labute approximate surface area is 90.0 Å². The lowest BCUT2D eigenvalue weighted by atomic mass is 10.0. The third kappa shape index (κ3) is 2.72. The average Bonchev–Trinajstić information content (AvgIpc) is 2.24. The van der Waals surface area contributed by atoms with Gasteiger partial charge in [0.15, 0.2) is 0 Å². The van der Waals surface area contributed by atoms with Crippen LogP contribution in [0, 0.1) is 12.3 Å². The van der Waals surface area contributed by atoms with Crippen molar-refractivity contribution in [3.05, 3.63) is 0 Å². The second-order valence-electron chi connectivity index (χ2n) is 4.17. The van der Waals surface area contributed by atoms with Crippen LogP contribution in [0.5, 0.6) is 0 Å². The first-order valence-electron chi connectivity index (χ1n) is 5.01. The summed E-state index contributed by atoms with van der Waals surface area (Å²) >= 11 is 0. The molecule has 1 rings (SSSR count). The standard InChI is InChI=1S/C11H16N2O2/c1-4-5-7-13-8-6-9(14)12-11(2,3)10(13)15/h1H,5-8H2,2-3H3,(H,12,14). The summed E-state index contributed by atoms with van der Waals surface area (Å²) in [5.74, 6) is 2.34. The minimum atomic E-state index is -0.817. The van der Waals surface area contributed by atoms with E-state index in [9.17, 15) is 9.59 Å². The maximum absolute atomic E-state index is 12.0. The fourth-order valence-corrected chi connectivity index (χ4v) is 1.61. The van der Waals surface area contributed by atoms with Crippen molar-refractivity contribution in [2.24, 2.45) is 0 Å². The maximum atomic E-state index is 12.0. The number of nitrogens with one attached hydrogen (secondary N) is 1. The minimum Gasteiger partial charge on any atom is -0.342 e. The topological polar surface area (TPSA) is 49.4 Å². The molecule has 0 aliphatic carbocycles. The minimum absolute atomic E-state index is 0.0661. The Morgan fingerprint density at radius 2 is 2.20 bits per heavy atom. The number of terminal acetylenes is 1. The van der Waals surface area contributed by atoms with Gasteiger partial charge in [0, 0.05) is 25.9 Å². The second kappa shape index (κ2) is 4.35. The van der Waals surface area contributed by atoms with Crippen LogP contribution in [0.4, 0.5) is 0 Å². The molecule has 0 aromatic rings. The van der Waals surface area contributed by atoms with E-state index in [0.29, 0.717) is 25.9 Å². The van der Waals surface area contributed by atoms with Crippen LogP contribution in [0.3, 0.4) is 0 Å². The van der Waals surface area contributed by atoms with Crippen molar-refractivity contribution in [1.29, 1.82) is 0 Å². The molecule has 0 atom stereocenters. The lowest BCUT2D eigenvalue weighted by Crippen LogP contribution is -2.52. The number of carbonyl (C=O) groups excluding carboxylic acids is 2. The quantitative estimate of drug-likeness (QED) is 0.656. The summed E-state index contributed by atoms with van der Waals surface area (Å²) in [6.45, 7) is 4.40. The highest BCUT2D eigenvalue weighted by Crippen LogP contribution is 2.13. The van der Waals surface area contributed by atoms with E-state index in [1.54, 1.807) is 18.7 Å². The van der Waals surface area contributed by atoms with Crippen molar-refractivity contribution >= 4 is 11.8 Å². The molecule has 0 saturated carbocycles. The molecule has 1 N–H and O–H groups in total. The van der Waals surface area contributed by atoms with Gasteiger partial charge >= 0.3 is 0 Å². The highest BCUT2D eigenvalue weighted by molar-refractivity contribution is 5.92. The van der Waals surface area contributed by atoms with Gasteiger partial charge in [-0.25, -0.2) is 0 Å². The van der Waals surface area contributed by atoms with E-state index < -0.39 is 5.54 Å². The van der Waals surface area contributed by atoms with Crippen molar-refractivity contribution in [3.63, 3.8) is 0 Å². The van der Waals surface area contributed by atoms with Crippen molar-refractivity contribution in [1.82, 2.24) is 10.2 Å². The van der Waals surface area contributed by atoms with Crippen molar-refractivity contribution < 1.29 is 9.59 Å². The number of rotatable bonds is 2. The first-order chi connectivity index (χ1) is 6.97. The molecular weight excluding hydrogens is 192 g/mol. The molecule has 0 spiro atoms. The monoisotopic (exact) mass is 208 g/mol. The average molecular weight is 208 g/mol. The van der Waals surface area contributed by atoms with Gasteiger partial charge in [-0.15, -0.1) is 12.3 Å². The Bertz CT molecular complexity index is 315. The summed E-state index contributed by atoms with van der Waals surface area (Å²) in [5.41, 5.74) is -0.817. The summed E-state index contributed by atoms with van der Waals surface area (Å²) in [7, 11) is 0. The van der Waals surface area contributed by atoms with Crippen LogP contribution in [0.15, 0.2) is 0 Å².